The Bertz CT molecular complexity index is 664. The molecular weight excluding hydrogens is 224 g/mol. The van der Waals surface area contributed by atoms with E-state index >= 15 is 0 Å². The maximum absolute atomic E-state index is 4.63. The Kier molecular flexibility index (Phi) is 2.48. The zero-order valence-electron chi connectivity index (χ0n) is 10.4. The third-order valence-electron chi connectivity index (χ3n) is 2.90. The molecule has 4 heteroatoms. The highest BCUT2D eigenvalue weighted by atomic mass is 15.3. The van der Waals surface area contributed by atoms with Crippen LogP contribution in [0.1, 0.15) is 5.56 Å². The molecule has 0 fully saturated rings. The summed E-state index contributed by atoms with van der Waals surface area (Å²) >= 11 is 0. The van der Waals surface area contributed by atoms with Gasteiger partial charge in [-0.2, -0.15) is 10.2 Å². The largest absolute Gasteiger partial charge is 0.275 e. The van der Waals surface area contributed by atoms with Gasteiger partial charge in [-0.1, -0.05) is 18.2 Å². The first kappa shape index (κ1) is 10.8. The minimum absolute atomic E-state index is 0.979. The van der Waals surface area contributed by atoms with Crippen LogP contribution in [0.4, 0.5) is 0 Å². The number of hydrogen-bond acceptors (Lipinski definition) is 2. The Labute approximate surface area is 105 Å². The number of benzene rings is 1. The highest BCUT2D eigenvalue weighted by Crippen LogP contribution is 2.22. The number of aromatic nitrogens is 4. The monoisotopic (exact) mass is 238 g/mol. The van der Waals surface area contributed by atoms with Gasteiger partial charge in [0.1, 0.15) is 0 Å². The molecule has 0 radical (unpaired) electrons. The van der Waals surface area contributed by atoms with E-state index in [1.165, 1.54) is 0 Å². The lowest BCUT2D eigenvalue weighted by molar-refractivity contribution is 0.768. The highest BCUT2D eigenvalue weighted by molar-refractivity contribution is 5.61. The van der Waals surface area contributed by atoms with E-state index in [0.717, 1.165) is 22.5 Å². The van der Waals surface area contributed by atoms with Crippen LogP contribution in [-0.2, 0) is 7.05 Å². The predicted molar refractivity (Wildman–Crippen MR) is 70.5 cm³/mol. The molecule has 1 aromatic carbocycles. The first-order valence-electron chi connectivity index (χ1n) is 5.85. The van der Waals surface area contributed by atoms with Crippen molar-refractivity contribution in [1.82, 2.24) is 19.6 Å². The third-order valence-corrected chi connectivity index (χ3v) is 2.90. The fourth-order valence-corrected chi connectivity index (χ4v) is 2.00. The van der Waals surface area contributed by atoms with E-state index in [2.05, 4.69) is 17.1 Å². The van der Waals surface area contributed by atoms with Gasteiger partial charge in [0.15, 0.2) is 0 Å². The first-order chi connectivity index (χ1) is 8.74. The van der Waals surface area contributed by atoms with Gasteiger partial charge in [-0.3, -0.25) is 4.68 Å². The van der Waals surface area contributed by atoms with Gasteiger partial charge in [-0.15, -0.1) is 0 Å². The SMILES string of the molecule is Cc1cn(-c2ccccc2)nc1-c1cnn(C)c1. The van der Waals surface area contributed by atoms with Crippen LogP contribution in [0.15, 0.2) is 48.9 Å². The fraction of sp³-hybridized carbons (Fsp3) is 0.143. The molecule has 0 aliphatic rings. The molecule has 3 rings (SSSR count). The molecule has 0 aliphatic heterocycles. The Morgan fingerprint density at radius 2 is 1.83 bits per heavy atom. The number of rotatable bonds is 2. The second-order valence-electron chi connectivity index (χ2n) is 4.34. The van der Waals surface area contributed by atoms with E-state index < -0.39 is 0 Å². The molecule has 18 heavy (non-hydrogen) atoms. The standard InChI is InChI=1S/C14H14N4/c1-11-9-18(13-6-4-3-5-7-13)16-14(11)12-8-15-17(2)10-12/h3-10H,1-2H3. The summed E-state index contributed by atoms with van der Waals surface area (Å²) in [5.41, 5.74) is 4.24. The molecule has 0 unspecified atom stereocenters. The number of aryl methyl sites for hydroxylation is 2. The van der Waals surface area contributed by atoms with Gasteiger partial charge in [-0.25, -0.2) is 4.68 Å². The van der Waals surface area contributed by atoms with E-state index in [1.54, 1.807) is 4.68 Å². The molecule has 2 heterocycles. The van der Waals surface area contributed by atoms with E-state index in [-0.39, 0.29) is 0 Å². The van der Waals surface area contributed by atoms with Crippen molar-refractivity contribution in [2.75, 3.05) is 0 Å². The summed E-state index contributed by atoms with van der Waals surface area (Å²) in [6.07, 6.45) is 5.85. The summed E-state index contributed by atoms with van der Waals surface area (Å²) in [7, 11) is 1.91. The fourth-order valence-electron chi connectivity index (χ4n) is 2.00. The van der Waals surface area contributed by atoms with Crippen LogP contribution in [-0.4, -0.2) is 19.6 Å². The van der Waals surface area contributed by atoms with Gasteiger partial charge in [0.25, 0.3) is 0 Å². The van der Waals surface area contributed by atoms with Crippen LogP contribution in [0.5, 0.6) is 0 Å². The molecule has 0 saturated carbocycles. The Morgan fingerprint density at radius 3 is 2.50 bits per heavy atom. The quantitative estimate of drug-likeness (QED) is 0.688. The van der Waals surface area contributed by atoms with Crippen molar-refractivity contribution in [3.8, 4) is 16.9 Å². The minimum atomic E-state index is 0.979. The van der Waals surface area contributed by atoms with Crippen molar-refractivity contribution in [3.63, 3.8) is 0 Å². The maximum Gasteiger partial charge on any atom is 0.0988 e. The molecule has 0 saturated heterocycles. The van der Waals surface area contributed by atoms with Crippen molar-refractivity contribution < 1.29 is 0 Å². The van der Waals surface area contributed by atoms with E-state index in [1.807, 2.05) is 60.7 Å². The number of hydrogen-bond donors (Lipinski definition) is 0. The van der Waals surface area contributed by atoms with Crippen LogP contribution in [0.2, 0.25) is 0 Å². The molecule has 0 amide bonds. The lowest BCUT2D eigenvalue weighted by Crippen LogP contribution is -1.93. The normalized spacial score (nSPS) is 10.8. The van der Waals surface area contributed by atoms with Crippen molar-refractivity contribution in [2.24, 2.45) is 7.05 Å². The molecule has 0 atom stereocenters. The summed E-state index contributed by atoms with van der Waals surface area (Å²) in [5.74, 6) is 0. The molecule has 3 aromatic rings. The van der Waals surface area contributed by atoms with E-state index in [0.29, 0.717) is 0 Å². The number of nitrogens with zero attached hydrogens (tertiary/aromatic N) is 4. The molecule has 0 spiro atoms. The second-order valence-corrected chi connectivity index (χ2v) is 4.34. The zero-order valence-corrected chi connectivity index (χ0v) is 10.4. The lowest BCUT2D eigenvalue weighted by Gasteiger charge is -1.99. The maximum atomic E-state index is 4.63. The number of para-hydroxylation sites is 1. The summed E-state index contributed by atoms with van der Waals surface area (Å²) in [6, 6.07) is 10.1. The van der Waals surface area contributed by atoms with Crippen molar-refractivity contribution >= 4 is 0 Å². The molecule has 0 N–H and O–H groups in total. The Balaban J connectivity index is 2.06. The van der Waals surface area contributed by atoms with Crippen LogP contribution in [0.25, 0.3) is 16.9 Å². The topological polar surface area (TPSA) is 35.6 Å². The Hall–Kier alpha value is -2.36. The average Bonchev–Trinajstić information content (AvgIpc) is 2.97. The molecule has 90 valence electrons. The van der Waals surface area contributed by atoms with Crippen LogP contribution in [0.3, 0.4) is 0 Å². The average molecular weight is 238 g/mol. The van der Waals surface area contributed by atoms with Gasteiger partial charge in [0.05, 0.1) is 17.6 Å². The molecule has 0 bridgehead atoms. The van der Waals surface area contributed by atoms with Gasteiger partial charge in [-0.05, 0) is 24.6 Å². The molecule has 4 nitrogen and oxygen atoms in total. The molecular formula is C14H14N4. The van der Waals surface area contributed by atoms with E-state index in [4.69, 9.17) is 0 Å². The van der Waals surface area contributed by atoms with Crippen molar-refractivity contribution in [2.45, 2.75) is 6.92 Å². The lowest BCUT2D eigenvalue weighted by atomic mass is 10.2. The van der Waals surface area contributed by atoms with E-state index in [9.17, 15) is 0 Å². The summed E-state index contributed by atoms with van der Waals surface area (Å²) < 4.78 is 3.69. The minimum Gasteiger partial charge on any atom is -0.275 e. The smallest absolute Gasteiger partial charge is 0.0988 e. The van der Waals surface area contributed by atoms with Gasteiger partial charge < -0.3 is 0 Å². The third kappa shape index (κ3) is 1.82. The van der Waals surface area contributed by atoms with Crippen molar-refractivity contribution in [3.05, 3.63) is 54.5 Å². The summed E-state index contributed by atoms with van der Waals surface area (Å²) in [5, 5.41) is 8.81. The molecule has 2 aromatic heterocycles. The molecule has 0 aliphatic carbocycles. The zero-order chi connectivity index (χ0) is 12.5. The van der Waals surface area contributed by atoms with Crippen LogP contribution < -0.4 is 0 Å². The van der Waals surface area contributed by atoms with Gasteiger partial charge in [0, 0.05) is 25.0 Å². The van der Waals surface area contributed by atoms with Gasteiger partial charge >= 0.3 is 0 Å². The van der Waals surface area contributed by atoms with Crippen molar-refractivity contribution in [1.29, 1.82) is 0 Å². The van der Waals surface area contributed by atoms with Gasteiger partial charge in [0.2, 0.25) is 0 Å². The Morgan fingerprint density at radius 1 is 1.06 bits per heavy atom. The van der Waals surface area contributed by atoms with Crippen LogP contribution in [0, 0.1) is 6.92 Å². The summed E-state index contributed by atoms with van der Waals surface area (Å²) in [4.78, 5) is 0. The predicted octanol–water partition coefficient (Wildman–Crippen LogP) is 2.58. The van der Waals surface area contributed by atoms with Crippen LogP contribution >= 0.6 is 0 Å². The highest BCUT2D eigenvalue weighted by Gasteiger charge is 2.10. The first-order valence-corrected chi connectivity index (χ1v) is 5.85. The second kappa shape index (κ2) is 4.14. The summed E-state index contributed by atoms with van der Waals surface area (Å²) in [6.45, 7) is 2.06.